The predicted octanol–water partition coefficient (Wildman–Crippen LogP) is 3.62. The minimum Gasteiger partial charge on any atom is -0.489 e. The third-order valence-electron chi connectivity index (χ3n) is 2.68. The number of hydrogen-bond acceptors (Lipinski definition) is 3. The summed E-state index contributed by atoms with van der Waals surface area (Å²) in [6.45, 7) is 2.04. The maximum atomic E-state index is 12.9. The van der Waals surface area contributed by atoms with Crippen LogP contribution in [0, 0.1) is 22.9 Å². The SMILES string of the molecule is Cc1cc(F)ccc1OCc1ccc([N+](=O)[O-])cc1. The van der Waals surface area contributed by atoms with Gasteiger partial charge in [-0.15, -0.1) is 0 Å². The topological polar surface area (TPSA) is 52.4 Å². The van der Waals surface area contributed by atoms with E-state index in [9.17, 15) is 14.5 Å². The first-order valence-corrected chi connectivity index (χ1v) is 5.68. The van der Waals surface area contributed by atoms with Gasteiger partial charge in [-0.1, -0.05) is 0 Å². The van der Waals surface area contributed by atoms with Crippen molar-refractivity contribution in [1.82, 2.24) is 0 Å². The van der Waals surface area contributed by atoms with Crippen LogP contribution in [0.2, 0.25) is 0 Å². The molecule has 0 saturated carbocycles. The smallest absolute Gasteiger partial charge is 0.269 e. The van der Waals surface area contributed by atoms with Gasteiger partial charge in [-0.25, -0.2) is 4.39 Å². The molecule has 19 heavy (non-hydrogen) atoms. The molecule has 0 atom stereocenters. The molecule has 0 aliphatic carbocycles. The largest absolute Gasteiger partial charge is 0.489 e. The molecule has 0 spiro atoms. The molecule has 2 rings (SSSR count). The van der Waals surface area contributed by atoms with E-state index in [1.165, 1.54) is 24.3 Å². The van der Waals surface area contributed by atoms with Gasteiger partial charge >= 0.3 is 0 Å². The molecule has 0 radical (unpaired) electrons. The maximum absolute atomic E-state index is 12.9. The zero-order chi connectivity index (χ0) is 13.8. The molecule has 0 heterocycles. The molecule has 98 valence electrons. The zero-order valence-corrected chi connectivity index (χ0v) is 10.3. The summed E-state index contributed by atoms with van der Waals surface area (Å²) in [6, 6.07) is 10.4. The van der Waals surface area contributed by atoms with Crippen LogP contribution >= 0.6 is 0 Å². The molecule has 0 unspecified atom stereocenters. The van der Waals surface area contributed by atoms with Crippen LogP contribution in [0.5, 0.6) is 5.75 Å². The number of nitrogens with zero attached hydrogens (tertiary/aromatic N) is 1. The standard InChI is InChI=1S/C14H12FNO3/c1-10-8-12(15)4-7-14(10)19-9-11-2-5-13(6-3-11)16(17)18/h2-8H,9H2,1H3. The molecule has 0 N–H and O–H groups in total. The summed E-state index contributed by atoms with van der Waals surface area (Å²) in [4.78, 5) is 10.1. The first kappa shape index (κ1) is 13.0. The van der Waals surface area contributed by atoms with E-state index in [1.54, 1.807) is 25.1 Å². The monoisotopic (exact) mass is 261 g/mol. The molecule has 0 fully saturated rings. The second kappa shape index (κ2) is 5.48. The fourth-order valence-corrected chi connectivity index (χ4v) is 1.65. The van der Waals surface area contributed by atoms with Gasteiger partial charge in [0, 0.05) is 12.1 Å². The summed E-state index contributed by atoms with van der Waals surface area (Å²) in [5.74, 6) is 0.292. The average molecular weight is 261 g/mol. The van der Waals surface area contributed by atoms with E-state index in [0.29, 0.717) is 11.3 Å². The van der Waals surface area contributed by atoms with E-state index in [-0.39, 0.29) is 18.1 Å². The molecule has 4 nitrogen and oxygen atoms in total. The highest BCUT2D eigenvalue weighted by Crippen LogP contribution is 2.20. The van der Waals surface area contributed by atoms with Crippen LogP contribution in [0.15, 0.2) is 42.5 Å². The normalized spacial score (nSPS) is 10.2. The summed E-state index contributed by atoms with van der Waals surface area (Å²) in [5, 5.41) is 10.5. The third-order valence-corrected chi connectivity index (χ3v) is 2.68. The Morgan fingerprint density at radius 3 is 2.47 bits per heavy atom. The van der Waals surface area contributed by atoms with E-state index < -0.39 is 4.92 Å². The minimum atomic E-state index is -0.450. The van der Waals surface area contributed by atoms with E-state index in [4.69, 9.17) is 4.74 Å². The van der Waals surface area contributed by atoms with Gasteiger partial charge < -0.3 is 4.74 Å². The third kappa shape index (κ3) is 3.28. The predicted molar refractivity (Wildman–Crippen MR) is 68.6 cm³/mol. The Balaban J connectivity index is 2.04. The summed E-state index contributed by atoms with van der Waals surface area (Å²) in [6.07, 6.45) is 0. The number of halogens is 1. The van der Waals surface area contributed by atoms with Crippen molar-refractivity contribution in [3.8, 4) is 5.75 Å². The van der Waals surface area contributed by atoms with Crippen LogP contribution in [0.3, 0.4) is 0 Å². The van der Waals surface area contributed by atoms with Crippen LogP contribution < -0.4 is 4.74 Å². The van der Waals surface area contributed by atoms with Gasteiger partial charge in [0.2, 0.25) is 0 Å². The lowest BCUT2D eigenvalue weighted by atomic mass is 10.2. The van der Waals surface area contributed by atoms with E-state index in [2.05, 4.69) is 0 Å². The Labute approximate surface area is 109 Å². The van der Waals surface area contributed by atoms with Crippen molar-refractivity contribution in [2.45, 2.75) is 13.5 Å². The molecule has 0 amide bonds. The lowest BCUT2D eigenvalue weighted by molar-refractivity contribution is -0.384. The van der Waals surface area contributed by atoms with E-state index in [0.717, 1.165) is 5.56 Å². The summed E-state index contributed by atoms with van der Waals surface area (Å²) in [7, 11) is 0. The quantitative estimate of drug-likeness (QED) is 0.624. The van der Waals surface area contributed by atoms with Gasteiger partial charge in [-0.2, -0.15) is 0 Å². The fourth-order valence-electron chi connectivity index (χ4n) is 1.65. The Hall–Kier alpha value is -2.43. The minimum absolute atomic E-state index is 0.0433. The number of aryl methyl sites for hydroxylation is 1. The number of nitro benzene ring substituents is 1. The molecule has 0 aliphatic rings. The van der Waals surface area contributed by atoms with Crippen molar-refractivity contribution in [2.24, 2.45) is 0 Å². The van der Waals surface area contributed by atoms with Crippen LogP contribution in [-0.4, -0.2) is 4.92 Å². The van der Waals surface area contributed by atoms with Gasteiger partial charge in [0.15, 0.2) is 0 Å². The van der Waals surface area contributed by atoms with Crippen LogP contribution in [0.1, 0.15) is 11.1 Å². The first-order valence-electron chi connectivity index (χ1n) is 5.68. The molecule has 2 aromatic rings. The van der Waals surface area contributed by atoms with E-state index in [1.807, 2.05) is 0 Å². The highest BCUT2D eigenvalue weighted by molar-refractivity contribution is 5.34. The van der Waals surface area contributed by atoms with Crippen molar-refractivity contribution in [3.63, 3.8) is 0 Å². The number of rotatable bonds is 4. The zero-order valence-electron chi connectivity index (χ0n) is 10.3. The Morgan fingerprint density at radius 1 is 1.21 bits per heavy atom. The summed E-state index contributed by atoms with van der Waals surface area (Å²) < 4.78 is 18.5. The highest BCUT2D eigenvalue weighted by Gasteiger charge is 2.05. The molecule has 0 saturated heterocycles. The number of non-ortho nitro benzene ring substituents is 1. The van der Waals surface area contributed by atoms with Crippen LogP contribution in [0.25, 0.3) is 0 Å². The lowest BCUT2D eigenvalue weighted by Gasteiger charge is -2.09. The van der Waals surface area contributed by atoms with Crippen LogP contribution in [0.4, 0.5) is 10.1 Å². The van der Waals surface area contributed by atoms with Crippen molar-refractivity contribution in [1.29, 1.82) is 0 Å². The van der Waals surface area contributed by atoms with Gasteiger partial charge in [0.05, 0.1) is 4.92 Å². The Bertz CT molecular complexity index is 596. The second-order valence-corrected chi connectivity index (χ2v) is 4.12. The summed E-state index contributed by atoms with van der Waals surface area (Å²) >= 11 is 0. The summed E-state index contributed by atoms with van der Waals surface area (Å²) in [5.41, 5.74) is 1.57. The Morgan fingerprint density at radius 2 is 1.89 bits per heavy atom. The maximum Gasteiger partial charge on any atom is 0.269 e. The average Bonchev–Trinajstić information content (AvgIpc) is 2.38. The van der Waals surface area contributed by atoms with Crippen molar-refractivity contribution in [3.05, 3.63) is 69.5 Å². The van der Waals surface area contributed by atoms with E-state index >= 15 is 0 Å². The van der Waals surface area contributed by atoms with Crippen molar-refractivity contribution in [2.75, 3.05) is 0 Å². The van der Waals surface area contributed by atoms with Crippen LogP contribution in [-0.2, 0) is 6.61 Å². The first-order chi connectivity index (χ1) is 9.06. The molecule has 0 aliphatic heterocycles. The van der Waals surface area contributed by atoms with Gasteiger partial charge in [0.1, 0.15) is 18.2 Å². The van der Waals surface area contributed by atoms with Gasteiger partial charge in [0.25, 0.3) is 5.69 Å². The Kier molecular flexibility index (Phi) is 3.75. The highest BCUT2D eigenvalue weighted by atomic mass is 19.1. The molecule has 0 aromatic heterocycles. The van der Waals surface area contributed by atoms with Gasteiger partial charge in [-0.05, 0) is 48.4 Å². The van der Waals surface area contributed by atoms with Crippen molar-refractivity contribution < 1.29 is 14.1 Å². The number of hydrogen-bond donors (Lipinski definition) is 0. The van der Waals surface area contributed by atoms with Crippen molar-refractivity contribution >= 4 is 5.69 Å². The second-order valence-electron chi connectivity index (χ2n) is 4.12. The molecule has 2 aromatic carbocycles. The van der Waals surface area contributed by atoms with Gasteiger partial charge in [-0.3, -0.25) is 10.1 Å². The fraction of sp³-hybridized carbons (Fsp3) is 0.143. The lowest BCUT2D eigenvalue weighted by Crippen LogP contribution is -1.97. The molecule has 0 bridgehead atoms. The number of nitro groups is 1. The molecular weight excluding hydrogens is 249 g/mol. The molecule has 5 heteroatoms. The number of benzene rings is 2. The number of ether oxygens (including phenoxy) is 1. The molecular formula is C14H12FNO3.